The quantitative estimate of drug-likeness (QED) is 0.792. The largest absolute Gasteiger partial charge is 0.348 e. The molecule has 4 amide bonds. The number of thiazole rings is 1. The Kier molecular flexibility index (Phi) is 4.52. The third kappa shape index (κ3) is 3.74. The molecule has 0 aliphatic carbocycles. The molecule has 0 spiro atoms. The third-order valence-corrected chi connectivity index (χ3v) is 4.18. The van der Waals surface area contributed by atoms with Crippen LogP contribution in [0.1, 0.15) is 5.01 Å². The molecule has 2 heterocycles. The number of hydrogen-bond acceptors (Lipinski definition) is 5. The number of halogens is 1. The van der Waals surface area contributed by atoms with E-state index >= 15 is 0 Å². The molecular formula is C15H13FN4O3S. The van der Waals surface area contributed by atoms with Gasteiger partial charge in [-0.3, -0.25) is 14.9 Å². The lowest BCUT2D eigenvalue weighted by Gasteiger charge is -2.12. The zero-order valence-electron chi connectivity index (χ0n) is 12.4. The molecule has 0 bridgehead atoms. The Morgan fingerprint density at radius 1 is 1.33 bits per heavy atom. The zero-order valence-corrected chi connectivity index (χ0v) is 13.2. The van der Waals surface area contributed by atoms with Gasteiger partial charge in [-0.25, -0.2) is 14.2 Å². The van der Waals surface area contributed by atoms with Gasteiger partial charge in [-0.15, -0.1) is 11.3 Å². The van der Waals surface area contributed by atoms with E-state index in [4.69, 9.17) is 0 Å². The SMILES string of the molecule is O=C(CN1CC(=O)NC1=O)NCc1nc(-c2ccc(F)cc2)cs1. The predicted octanol–water partition coefficient (Wildman–Crippen LogP) is 1.12. The van der Waals surface area contributed by atoms with Crippen LogP contribution >= 0.6 is 11.3 Å². The van der Waals surface area contributed by atoms with Crippen LogP contribution in [0.2, 0.25) is 0 Å². The van der Waals surface area contributed by atoms with E-state index in [1.165, 1.54) is 23.5 Å². The molecule has 1 aliphatic rings. The lowest BCUT2D eigenvalue weighted by atomic mass is 10.2. The number of nitrogens with zero attached hydrogens (tertiary/aromatic N) is 2. The van der Waals surface area contributed by atoms with Crippen LogP contribution in [0.25, 0.3) is 11.3 Å². The molecule has 1 aliphatic heterocycles. The molecule has 1 aromatic carbocycles. The van der Waals surface area contributed by atoms with Gasteiger partial charge in [0.1, 0.15) is 23.9 Å². The number of benzene rings is 1. The molecule has 0 saturated carbocycles. The van der Waals surface area contributed by atoms with Gasteiger partial charge >= 0.3 is 6.03 Å². The van der Waals surface area contributed by atoms with Crippen LogP contribution in [-0.4, -0.2) is 40.8 Å². The summed E-state index contributed by atoms with van der Waals surface area (Å²) in [7, 11) is 0. The fourth-order valence-corrected chi connectivity index (χ4v) is 2.90. The average Bonchev–Trinajstić information content (AvgIpc) is 3.13. The molecule has 3 rings (SSSR count). The molecule has 7 nitrogen and oxygen atoms in total. The number of amides is 4. The fraction of sp³-hybridized carbons (Fsp3) is 0.200. The standard InChI is InChI=1S/C15H13FN4O3S/c16-10-3-1-9(2-4-10)11-8-24-14(18-11)5-17-12(21)6-20-7-13(22)19-15(20)23/h1-4,8H,5-7H2,(H,17,21)(H,19,22,23). The van der Waals surface area contributed by atoms with Crippen LogP contribution in [-0.2, 0) is 16.1 Å². The summed E-state index contributed by atoms with van der Waals surface area (Å²) in [4.78, 5) is 39.7. The molecule has 1 aromatic heterocycles. The number of aromatic nitrogens is 1. The highest BCUT2D eigenvalue weighted by Gasteiger charge is 2.28. The minimum atomic E-state index is -0.567. The first-order chi connectivity index (χ1) is 11.5. The molecule has 0 atom stereocenters. The lowest BCUT2D eigenvalue weighted by Crippen LogP contribution is -2.38. The fourth-order valence-electron chi connectivity index (χ4n) is 2.16. The van der Waals surface area contributed by atoms with Crippen molar-refractivity contribution in [2.24, 2.45) is 0 Å². The van der Waals surface area contributed by atoms with E-state index in [2.05, 4.69) is 15.6 Å². The van der Waals surface area contributed by atoms with E-state index in [1.807, 2.05) is 5.38 Å². The molecule has 1 fully saturated rings. The number of carbonyl (C=O) groups is 3. The van der Waals surface area contributed by atoms with Crippen molar-refractivity contribution < 1.29 is 18.8 Å². The lowest BCUT2D eigenvalue weighted by molar-refractivity contribution is -0.122. The highest BCUT2D eigenvalue weighted by atomic mass is 32.1. The molecule has 24 heavy (non-hydrogen) atoms. The van der Waals surface area contributed by atoms with Crippen molar-refractivity contribution in [3.05, 3.63) is 40.5 Å². The summed E-state index contributed by atoms with van der Waals surface area (Å²) in [6.45, 7) is -0.0832. The molecule has 124 valence electrons. The first-order valence-electron chi connectivity index (χ1n) is 7.07. The van der Waals surface area contributed by atoms with Crippen molar-refractivity contribution in [2.45, 2.75) is 6.54 Å². The van der Waals surface area contributed by atoms with Crippen molar-refractivity contribution in [1.29, 1.82) is 0 Å². The highest BCUT2D eigenvalue weighted by molar-refractivity contribution is 7.09. The number of imide groups is 1. The van der Waals surface area contributed by atoms with Crippen molar-refractivity contribution in [1.82, 2.24) is 20.5 Å². The molecule has 9 heteroatoms. The number of nitrogens with one attached hydrogen (secondary N) is 2. The monoisotopic (exact) mass is 348 g/mol. The first kappa shape index (κ1) is 16.1. The van der Waals surface area contributed by atoms with Crippen molar-refractivity contribution in [2.75, 3.05) is 13.1 Å². The van der Waals surface area contributed by atoms with Gasteiger partial charge in [0, 0.05) is 10.9 Å². The van der Waals surface area contributed by atoms with Crippen LogP contribution in [0.15, 0.2) is 29.6 Å². The maximum absolute atomic E-state index is 12.9. The Morgan fingerprint density at radius 2 is 2.08 bits per heavy atom. The Labute approximate surface area is 140 Å². The molecule has 1 saturated heterocycles. The smallest absolute Gasteiger partial charge is 0.325 e. The van der Waals surface area contributed by atoms with Crippen molar-refractivity contribution in [3.63, 3.8) is 0 Å². The Bertz CT molecular complexity index is 790. The van der Waals surface area contributed by atoms with Gasteiger partial charge < -0.3 is 10.2 Å². The average molecular weight is 348 g/mol. The maximum Gasteiger partial charge on any atom is 0.325 e. The second kappa shape index (κ2) is 6.75. The minimum absolute atomic E-state index is 0.113. The van der Waals surface area contributed by atoms with E-state index in [0.29, 0.717) is 10.7 Å². The van der Waals surface area contributed by atoms with Gasteiger partial charge in [0.25, 0.3) is 0 Å². The van der Waals surface area contributed by atoms with Crippen LogP contribution in [0.4, 0.5) is 9.18 Å². The topological polar surface area (TPSA) is 91.4 Å². The van der Waals surface area contributed by atoms with Crippen LogP contribution in [0, 0.1) is 5.82 Å². The molecule has 0 unspecified atom stereocenters. The van der Waals surface area contributed by atoms with E-state index in [1.54, 1.807) is 12.1 Å². The summed E-state index contributed by atoms with van der Waals surface area (Å²) in [6, 6.07) is 5.42. The van der Waals surface area contributed by atoms with Crippen LogP contribution in [0.3, 0.4) is 0 Å². The highest BCUT2D eigenvalue weighted by Crippen LogP contribution is 2.22. The van der Waals surface area contributed by atoms with Gasteiger partial charge in [0.05, 0.1) is 12.2 Å². The van der Waals surface area contributed by atoms with Crippen LogP contribution in [0.5, 0.6) is 0 Å². The Balaban J connectivity index is 1.53. The summed E-state index contributed by atoms with van der Waals surface area (Å²) in [5.74, 6) is -1.11. The normalized spacial score (nSPS) is 14.0. The summed E-state index contributed by atoms with van der Waals surface area (Å²) >= 11 is 1.37. The summed E-state index contributed by atoms with van der Waals surface area (Å²) < 4.78 is 12.9. The Hall–Kier alpha value is -2.81. The second-order valence-electron chi connectivity index (χ2n) is 5.12. The molecule has 2 aromatic rings. The number of hydrogen-bond donors (Lipinski definition) is 2. The van der Waals surface area contributed by atoms with Crippen molar-refractivity contribution >= 4 is 29.2 Å². The summed E-state index contributed by atoms with van der Waals surface area (Å²) in [6.07, 6.45) is 0. The zero-order chi connectivity index (χ0) is 17.1. The predicted molar refractivity (Wildman–Crippen MR) is 84.5 cm³/mol. The second-order valence-corrected chi connectivity index (χ2v) is 6.06. The number of carbonyl (C=O) groups excluding carboxylic acids is 3. The van der Waals surface area contributed by atoms with Crippen LogP contribution < -0.4 is 10.6 Å². The molecular weight excluding hydrogens is 335 g/mol. The number of urea groups is 1. The summed E-state index contributed by atoms with van der Waals surface area (Å²) in [5, 5.41) is 7.26. The first-order valence-corrected chi connectivity index (χ1v) is 7.95. The van der Waals surface area contributed by atoms with Gasteiger partial charge in [-0.2, -0.15) is 0 Å². The van der Waals surface area contributed by atoms with Gasteiger partial charge in [0.15, 0.2) is 0 Å². The van der Waals surface area contributed by atoms with Gasteiger partial charge in [-0.1, -0.05) is 0 Å². The third-order valence-electron chi connectivity index (χ3n) is 3.33. The maximum atomic E-state index is 12.9. The minimum Gasteiger partial charge on any atom is -0.348 e. The van der Waals surface area contributed by atoms with Gasteiger partial charge in [-0.05, 0) is 24.3 Å². The van der Waals surface area contributed by atoms with E-state index < -0.39 is 11.9 Å². The van der Waals surface area contributed by atoms with Gasteiger partial charge in [0.2, 0.25) is 11.8 Å². The molecule has 0 radical (unpaired) electrons. The Morgan fingerprint density at radius 3 is 2.75 bits per heavy atom. The summed E-state index contributed by atoms with van der Waals surface area (Å²) in [5.41, 5.74) is 1.49. The van der Waals surface area contributed by atoms with E-state index in [9.17, 15) is 18.8 Å². The molecule has 2 N–H and O–H groups in total. The van der Waals surface area contributed by atoms with E-state index in [0.717, 1.165) is 10.5 Å². The number of rotatable bonds is 5. The van der Waals surface area contributed by atoms with Crippen molar-refractivity contribution in [3.8, 4) is 11.3 Å². The van der Waals surface area contributed by atoms with E-state index in [-0.39, 0.29) is 31.4 Å².